The van der Waals surface area contributed by atoms with Crippen LogP contribution in [-0.2, 0) is 26.7 Å². The first-order valence-electron chi connectivity index (χ1n) is 9.05. The second kappa shape index (κ2) is 8.12. The van der Waals surface area contributed by atoms with E-state index in [1.165, 1.54) is 11.3 Å². The molecule has 0 saturated heterocycles. The largest absolute Gasteiger partial charge is 0.493 e. The first-order valence-corrected chi connectivity index (χ1v) is 12.3. The van der Waals surface area contributed by atoms with E-state index in [0.717, 1.165) is 10.0 Å². The van der Waals surface area contributed by atoms with Crippen molar-refractivity contribution in [1.29, 1.82) is 0 Å². The Labute approximate surface area is 177 Å². The smallest absolute Gasteiger partial charge is 0.237 e. The van der Waals surface area contributed by atoms with Crippen LogP contribution in [0.3, 0.4) is 0 Å². The van der Waals surface area contributed by atoms with Gasteiger partial charge in [0.1, 0.15) is 11.5 Å². The van der Waals surface area contributed by atoms with Crippen LogP contribution in [0.15, 0.2) is 28.1 Å². The minimum absolute atomic E-state index is 0.000768. The molecule has 0 bridgehead atoms. The number of Topliss-reactive ketones (excluding diaryl/α,β-unsaturated/α-hetero) is 1. The zero-order valence-electron chi connectivity index (χ0n) is 16.0. The number of hydrogen-bond acceptors (Lipinski definition) is 6. The molecule has 9 heteroatoms. The number of anilines is 1. The van der Waals surface area contributed by atoms with E-state index in [0.29, 0.717) is 36.0 Å². The van der Waals surface area contributed by atoms with Crippen molar-refractivity contribution in [2.45, 2.75) is 50.7 Å². The highest BCUT2D eigenvalue weighted by molar-refractivity contribution is 9.10. The van der Waals surface area contributed by atoms with Gasteiger partial charge in [-0.15, -0.1) is 11.3 Å². The summed E-state index contributed by atoms with van der Waals surface area (Å²) in [6.45, 7) is 6.07. The number of hydrogen-bond donors (Lipinski definition) is 1. The molecule has 152 valence electrons. The Balaban J connectivity index is 1.73. The molecule has 1 aliphatic carbocycles. The molecule has 1 aromatic heterocycles. The molecule has 1 heterocycles. The Bertz CT molecular complexity index is 982. The van der Waals surface area contributed by atoms with Gasteiger partial charge in [0.2, 0.25) is 10.0 Å². The summed E-state index contributed by atoms with van der Waals surface area (Å²) < 4.78 is 33.1. The van der Waals surface area contributed by atoms with Crippen molar-refractivity contribution in [2.75, 3.05) is 11.3 Å². The van der Waals surface area contributed by atoms with E-state index in [9.17, 15) is 13.2 Å². The van der Waals surface area contributed by atoms with Gasteiger partial charge in [-0.25, -0.2) is 13.4 Å². The fourth-order valence-electron chi connectivity index (χ4n) is 2.66. The molecular formula is C19H23BrN2O4S2. The molecule has 2 aromatic rings. The zero-order valence-corrected chi connectivity index (χ0v) is 19.2. The lowest BCUT2D eigenvalue weighted by molar-refractivity contribution is -0.122. The SMILES string of the molecule is CCOc1cc(CC(=O)C(C)(C)c2csc(NS(=O)(=O)C3CC3)n2)ccc1Br. The number of rotatable bonds is 9. The molecule has 1 fully saturated rings. The van der Waals surface area contributed by atoms with E-state index in [1.54, 1.807) is 5.38 Å². The second-order valence-corrected chi connectivity index (χ2v) is 11.0. The summed E-state index contributed by atoms with van der Waals surface area (Å²) in [5.74, 6) is 0.704. The van der Waals surface area contributed by atoms with Crippen molar-refractivity contribution in [3.05, 3.63) is 39.3 Å². The van der Waals surface area contributed by atoms with Gasteiger partial charge in [-0.1, -0.05) is 6.07 Å². The molecule has 0 spiro atoms. The Morgan fingerprint density at radius 3 is 2.75 bits per heavy atom. The standard InChI is InChI=1S/C19H23BrN2O4S2/c1-4-26-15-9-12(5-8-14(15)20)10-17(23)19(2,3)16-11-27-18(21-16)22-28(24,25)13-6-7-13/h5,8-9,11,13H,4,6-7,10H2,1-3H3,(H,21,22). The summed E-state index contributed by atoms with van der Waals surface area (Å²) in [6.07, 6.45) is 1.62. The van der Waals surface area contributed by atoms with Gasteiger partial charge in [-0.3, -0.25) is 9.52 Å². The quantitative estimate of drug-likeness (QED) is 0.570. The molecule has 1 N–H and O–H groups in total. The van der Waals surface area contributed by atoms with Crippen molar-refractivity contribution in [3.8, 4) is 5.75 Å². The molecule has 0 radical (unpaired) electrons. The van der Waals surface area contributed by atoms with Crippen molar-refractivity contribution in [2.24, 2.45) is 0 Å². The number of sulfonamides is 1. The number of halogens is 1. The molecule has 28 heavy (non-hydrogen) atoms. The monoisotopic (exact) mass is 486 g/mol. The average Bonchev–Trinajstić information content (AvgIpc) is 3.39. The van der Waals surface area contributed by atoms with Gasteiger partial charge in [0.25, 0.3) is 0 Å². The minimum Gasteiger partial charge on any atom is -0.493 e. The number of ether oxygens (including phenoxy) is 1. The Morgan fingerprint density at radius 1 is 1.39 bits per heavy atom. The molecule has 1 saturated carbocycles. The fourth-order valence-corrected chi connectivity index (χ4v) is 5.50. The number of nitrogens with zero attached hydrogens (tertiary/aromatic N) is 1. The third-order valence-electron chi connectivity index (χ3n) is 4.69. The van der Waals surface area contributed by atoms with E-state index in [-0.39, 0.29) is 17.5 Å². The lowest BCUT2D eigenvalue weighted by atomic mass is 9.82. The first kappa shape index (κ1) is 21.3. The molecule has 0 aliphatic heterocycles. The van der Waals surface area contributed by atoms with E-state index < -0.39 is 15.4 Å². The number of ketones is 1. The third-order valence-corrected chi connectivity index (χ3v) is 8.06. The van der Waals surface area contributed by atoms with Gasteiger partial charge in [-0.05, 0) is 67.2 Å². The normalized spacial score (nSPS) is 14.7. The molecule has 1 aromatic carbocycles. The summed E-state index contributed by atoms with van der Waals surface area (Å²) in [5.41, 5.74) is 0.589. The van der Waals surface area contributed by atoms with Crippen LogP contribution >= 0.6 is 27.3 Å². The van der Waals surface area contributed by atoms with Gasteiger partial charge >= 0.3 is 0 Å². The van der Waals surface area contributed by atoms with Gasteiger partial charge in [-0.2, -0.15) is 0 Å². The van der Waals surface area contributed by atoms with E-state index in [1.807, 2.05) is 39.0 Å². The minimum atomic E-state index is -3.36. The maximum absolute atomic E-state index is 13.0. The van der Waals surface area contributed by atoms with Gasteiger partial charge < -0.3 is 4.74 Å². The molecule has 1 aliphatic rings. The number of aromatic nitrogens is 1. The lowest BCUT2D eigenvalue weighted by Crippen LogP contribution is -2.31. The summed E-state index contributed by atoms with van der Waals surface area (Å²) in [5, 5.41) is 1.74. The van der Waals surface area contributed by atoms with Crippen molar-refractivity contribution in [1.82, 2.24) is 4.98 Å². The maximum atomic E-state index is 13.0. The summed E-state index contributed by atoms with van der Waals surface area (Å²) >= 11 is 4.64. The van der Waals surface area contributed by atoms with Crippen LogP contribution in [0.4, 0.5) is 5.13 Å². The van der Waals surface area contributed by atoms with Crippen LogP contribution in [0.25, 0.3) is 0 Å². The fraction of sp³-hybridized carbons (Fsp3) is 0.474. The Kier molecular flexibility index (Phi) is 6.17. The Hall–Kier alpha value is -1.45. The van der Waals surface area contributed by atoms with Crippen molar-refractivity contribution >= 4 is 48.2 Å². The molecule has 3 rings (SSSR count). The number of benzene rings is 1. The van der Waals surface area contributed by atoms with E-state index in [2.05, 4.69) is 25.6 Å². The topological polar surface area (TPSA) is 85.4 Å². The molecule has 0 amide bonds. The summed E-state index contributed by atoms with van der Waals surface area (Å²) in [7, 11) is -3.36. The Morgan fingerprint density at radius 2 is 2.11 bits per heavy atom. The van der Waals surface area contributed by atoms with Crippen molar-refractivity contribution < 1.29 is 17.9 Å². The van der Waals surface area contributed by atoms with Gasteiger partial charge in [0, 0.05) is 11.8 Å². The van der Waals surface area contributed by atoms with Gasteiger partial charge in [0.05, 0.1) is 27.4 Å². The van der Waals surface area contributed by atoms with Crippen molar-refractivity contribution in [3.63, 3.8) is 0 Å². The highest BCUT2D eigenvalue weighted by Gasteiger charge is 2.37. The van der Waals surface area contributed by atoms with Crippen LogP contribution in [-0.4, -0.2) is 31.0 Å². The van der Waals surface area contributed by atoms with E-state index in [4.69, 9.17) is 4.74 Å². The predicted molar refractivity (Wildman–Crippen MR) is 115 cm³/mol. The van der Waals surface area contributed by atoms with Crippen LogP contribution in [0.5, 0.6) is 5.75 Å². The maximum Gasteiger partial charge on any atom is 0.237 e. The number of carbonyl (C=O) groups is 1. The summed E-state index contributed by atoms with van der Waals surface area (Å²) in [4.78, 5) is 17.4. The van der Waals surface area contributed by atoms with E-state index >= 15 is 0 Å². The second-order valence-electron chi connectivity index (χ2n) is 7.31. The zero-order chi connectivity index (χ0) is 20.5. The predicted octanol–water partition coefficient (Wildman–Crippen LogP) is 4.30. The van der Waals surface area contributed by atoms with Crippen LogP contribution in [0.2, 0.25) is 0 Å². The van der Waals surface area contributed by atoms with Crippen LogP contribution in [0.1, 0.15) is 44.9 Å². The number of thiazole rings is 1. The molecule has 0 atom stereocenters. The number of carbonyl (C=O) groups excluding carboxylic acids is 1. The molecule has 0 unspecified atom stereocenters. The van der Waals surface area contributed by atoms with Crippen LogP contribution < -0.4 is 9.46 Å². The first-order chi connectivity index (χ1) is 13.1. The van der Waals surface area contributed by atoms with Crippen LogP contribution in [0, 0.1) is 0 Å². The third kappa shape index (κ3) is 4.75. The van der Waals surface area contributed by atoms with Gasteiger partial charge in [0.15, 0.2) is 5.13 Å². The molecular weight excluding hydrogens is 464 g/mol. The number of nitrogens with one attached hydrogen (secondary N) is 1. The summed E-state index contributed by atoms with van der Waals surface area (Å²) in [6, 6.07) is 5.61. The average molecular weight is 487 g/mol. The lowest BCUT2D eigenvalue weighted by Gasteiger charge is -2.21. The highest BCUT2D eigenvalue weighted by atomic mass is 79.9. The molecule has 6 nitrogen and oxygen atoms in total. The highest BCUT2D eigenvalue weighted by Crippen LogP contribution is 2.33.